The highest BCUT2D eigenvalue weighted by molar-refractivity contribution is 8.18. The van der Waals surface area contributed by atoms with E-state index in [2.05, 4.69) is 15.0 Å². The maximum atomic E-state index is 11.9. The van der Waals surface area contributed by atoms with Gasteiger partial charge in [0.1, 0.15) is 0 Å². The number of thioether (sulfide) groups is 1. The van der Waals surface area contributed by atoms with Crippen LogP contribution in [-0.4, -0.2) is 41.2 Å². The lowest BCUT2D eigenvalue weighted by Gasteiger charge is -2.24. The van der Waals surface area contributed by atoms with Crippen molar-refractivity contribution in [2.45, 2.75) is 6.42 Å². The molecule has 2 aliphatic rings. The molecule has 3 rings (SSSR count). The Balaban J connectivity index is 1.79. The minimum atomic E-state index is -0.135. The van der Waals surface area contributed by atoms with Crippen LogP contribution in [0.2, 0.25) is 0 Å². The van der Waals surface area contributed by atoms with Crippen LogP contribution in [0.5, 0.6) is 0 Å². The van der Waals surface area contributed by atoms with E-state index in [0.717, 1.165) is 30.2 Å². The fraction of sp³-hybridized carbons (Fsp3) is 0.286. The lowest BCUT2D eigenvalue weighted by Crippen LogP contribution is -2.36. The molecule has 2 heterocycles. The van der Waals surface area contributed by atoms with Crippen LogP contribution in [0, 0.1) is 0 Å². The Morgan fingerprint density at radius 3 is 2.74 bits per heavy atom. The smallest absolute Gasteiger partial charge is 0.284 e. The third-order valence-corrected chi connectivity index (χ3v) is 4.19. The molecule has 0 atom stereocenters. The van der Waals surface area contributed by atoms with Crippen molar-refractivity contribution >= 4 is 28.9 Å². The maximum absolute atomic E-state index is 11.9. The molecule has 1 aromatic rings. The van der Waals surface area contributed by atoms with Crippen molar-refractivity contribution in [1.29, 1.82) is 0 Å². The number of hydrazine groups is 1. The molecule has 0 radical (unpaired) electrons. The van der Waals surface area contributed by atoms with Crippen LogP contribution in [0.25, 0.3) is 6.08 Å². The van der Waals surface area contributed by atoms with Gasteiger partial charge in [-0.2, -0.15) is 4.99 Å². The van der Waals surface area contributed by atoms with Crippen LogP contribution in [0.1, 0.15) is 12.0 Å². The van der Waals surface area contributed by atoms with Gasteiger partial charge in [-0.05, 0) is 29.8 Å². The maximum Gasteiger partial charge on any atom is 0.286 e. The van der Waals surface area contributed by atoms with Crippen molar-refractivity contribution in [1.82, 2.24) is 10.0 Å². The fourth-order valence-corrected chi connectivity index (χ4v) is 3.18. The Kier molecular flexibility index (Phi) is 3.40. The number of hydrogen-bond acceptors (Lipinski definition) is 4. The number of nitrogens with zero attached hydrogens (tertiary/aromatic N) is 3. The summed E-state index contributed by atoms with van der Waals surface area (Å²) in [6, 6.07) is 9.87. The van der Waals surface area contributed by atoms with E-state index in [1.165, 1.54) is 11.8 Å². The van der Waals surface area contributed by atoms with Gasteiger partial charge >= 0.3 is 0 Å². The molecule has 19 heavy (non-hydrogen) atoms. The van der Waals surface area contributed by atoms with Crippen molar-refractivity contribution in [3.8, 4) is 0 Å². The average molecular weight is 273 g/mol. The minimum Gasteiger partial charge on any atom is -0.284 e. The molecule has 0 aliphatic carbocycles. The molecule has 1 amide bonds. The van der Waals surface area contributed by atoms with Gasteiger partial charge in [-0.15, -0.1) is 0 Å². The number of benzene rings is 1. The Hall–Kier alpha value is -1.59. The quantitative estimate of drug-likeness (QED) is 0.735. The molecule has 0 bridgehead atoms. The molecule has 1 fully saturated rings. The molecule has 0 spiro atoms. The Bertz CT molecular complexity index is 553. The van der Waals surface area contributed by atoms with Crippen molar-refractivity contribution in [2.24, 2.45) is 4.99 Å². The summed E-state index contributed by atoms with van der Waals surface area (Å²) < 4.78 is 0. The Labute approximate surface area is 116 Å². The summed E-state index contributed by atoms with van der Waals surface area (Å²) in [5, 5.41) is 4.99. The van der Waals surface area contributed by atoms with E-state index in [0.29, 0.717) is 4.91 Å². The van der Waals surface area contributed by atoms with Crippen LogP contribution in [-0.2, 0) is 4.79 Å². The first-order valence-electron chi connectivity index (χ1n) is 6.30. The van der Waals surface area contributed by atoms with E-state index < -0.39 is 0 Å². The van der Waals surface area contributed by atoms with Gasteiger partial charge in [0.2, 0.25) is 0 Å². The molecular weight excluding hydrogens is 258 g/mol. The summed E-state index contributed by atoms with van der Waals surface area (Å²) in [6.45, 7) is 1.96. The number of amidine groups is 1. The van der Waals surface area contributed by atoms with Crippen molar-refractivity contribution in [3.63, 3.8) is 0 Å². The van der Waals surface area contributed by atoms with Gasteiger partial charge in [0.25, 0.3) is 5.91 Å². The number of carbonyl (C=O) groups excluding carboxylic acids is 1. The molecular formula is C14H15N3OS. The molecule has 5 heteroatoms. The van der Waals surface area contributed by atoms with Crippen molar-refractivity contribution in [2.75, 3.05) is 20.1 Å². The van der Waals surface area contributed by atoms with Gasteiger partial charge in [0.15, 0.2) is 5.17 Å². The molecule has 0 unspecified atom stereocenters. The number of hydrogen-bond donors (Lipinski definition) is 0. The van der Waals surface area contributed by atoms with E-state index in [1.54, 1.807) is 0 Å². The van der Waals surface area contributed by atoms with Gasteiger partial charge in [-0.25, -0.2) is 5.01 Å². The van der Waals surface area contributed by atoms with E-state index in [-0.39, 0.29) is 5.91 Å². The second-order valence-corrected chi connectivity index (χ2v) is 5.59. The number of carbonyl (C=O) groups is 1. The lowest BCUT2D eigenvalue weighted by atomic mass is 10.2. The number of amides is 1. The number of aliphatic imine (C=N–C) groups is 1. The third-order valence-electron chi connectivity index (χ3n) is 3.19. The Morgan fingerprint density at radius 1 is 1.26 bits per heavy atom. The summed E-state index contributed by atoms with van der Waals surface area (Å²) in [7, 11) is 2.03. The van der Waals surface area contributed by atoms with Crippen LogP contribution in [0.15, 0.2) is 40.2 Å². The van der Waals surface area contributed by atoms with E-state index in [1.807, 2.05) is 43.5 Å². The van der Waals surface area contributed by atoms with Crippen molar-refractivity contribution < 1.29 is 4.79 Å². The van der Waals surface area contributed by atoms with E-state index >= 15 is 0 Å². The molecule has 2 aliphatic heterocycles. The van der Waals surface area contributed by atoms with E-state index in [4.69, 9.17) is 0 Å². The van der Waals surface area contributed by atoms with Crippen LogP contribution < -0.4 is 0 Å². The Morgan fingerprint density at radius 2 is 2.05 bits per heavy atom. The summed E-state index contributed by atoms with van der Waals surface area (Å²) >= 11 is 1.46. The topological polar surface area (TPSA) is 35.9 Å². The minimum absolute atomic E-state index is 0.135. The van der Waals surface area contributed by atoms with Gasteiger partial charge in [0.05, 0.1) is 4.91 Å². The van der Waals surface area contributed by atoms with Gasteiger partial charge in [0, 0.05) is 20.1 Å². The van der Waals surface area contributed by atoms with Crippen LogP contribution in [0.3, 0.4) is 0 Å². The van der Waals surface area contributed by atoms with E-state index in [9.17, 15) is 4.79 Å². The highest BCUT2D eigenvalue weighted by Crippen LogP contribution is 2.31. The monoisotopic (exact) mass is 273 g/mol. The summed E-state index contributed by atoms with van der Waals surface area (Å²) in [5.41, 5.74) is 1.03. The second kappa shape index (κ2) is 5.19. The molecule has 0 aromatic heterocycles. The highest BCUT2D eigenvalue weighted by atomic mass is 32.2. The molecule has 0 N–H and O–H groups in total. The molecule has 0 saturated carbocycles. The molecule has 1 aromatic carbocycles. The van der Waals surface area contributed by atoms with Gasteiger partial charge < -0.3 is 0 Å². The predicted molar refractivity (Wildman–Crippen MR) is 78.4 cm³/mol. The normalized spacial score (nSPS) is 22.4. The number of rotatable bonds is 1. The lowest BCUT2D eigenvalue weighted by molar-refractivity contribution is -0.113. The van der Waals surface area contributed by atoms with Crippen molar-refractivity contribution in [3.05, 3.63) is 40.8 Å². The molecule has 1 saturated heterocycles. The second-order valence-electron chi connectivity index (χ2n) is 4.58. The average Bonchev–Trinajstić information content (AvgIpc) is 2.98. The standard InChI is InChI=1S/C14H15N3OS/c1-16-8-5-9-17(16)14-15-13(18)12(19-14)10-11-6-3-2-4-7-11/h2-4,6-7,10H,5,8-9H2,1H3/b12-10-. The molecule has 98 valence electrons. The third kappa shape index (κ3) is 2.57. The fourth-order valence-electron chi connectivity index (χ4n) is 2.19. The summed E-state index contributed by atoms with van der Waals surface area (Å²) in [5.74, 6) is -0.135. The zero-order chi connectivity index (χ0) is 13.2. The first-order valence-corrected chi connectivity index (χ1v) is 7.12. The van der Waals surface area contributed by atoms with Gasteiger partial charge in [-0.3, -0.25) is 9.80 Å². The van der Waals surface area contributed by atoms with Crippen LogP contribution in [0.4, 0.5) is 0 Å². The highest BCUT2D eigenvalue weighted by Gasteiger charge is 2.30. The summed E-state index contributed by atoms with van der Waals surface area (Å²) in [6.07, 6.45) is 3.02. The zero-order valence-electron chi connectivity index (χ0n) is 10.7. The first kappa shape index (κ1) is 12.4. The SMILES string of the molecule is CN1CCCN1C1=NC(=O)/C(=C/c2ccccc2)S1. The van der Waals surface area contributed by atoms with Crippen LogP contribution >= 0.6 is 11.8 Å². The predicted octanol–water partition coefficient (Wildman–Crippen LogP) is 2.21. The molecule has 4 nitrogen and oxygen atoms in total. The van der Waals surface area contributed by atoms with Gasteiger partial charge in [-0.1, -0.05) is 30.3 Å². The summed E-state index contributed by atoms with van der Waals surface area (Å²) in [4.78, 5) is 16.8. The zero-order valence-corrected chi connectivity index (χ0v) is 11.6. The first-order chi connectivity index (χ1) is 9.24. The largest absolute Gasteiger partial charge is 0.286 e.